The van der Waals surface area contributed by atoms with Gasteiger partial charge in [0, 0.05) is 13.3 Å². The van der Waals surface area contributed by atoms with E-state index in [1.54, 1.807) is 0 Å². The van der Waals surface area contributed by atoms with Gasteiger partial charge in [-0.25, -0.2) is 0 Å². The van der Waals surface area contributed by atoms with Crippen LogP contribution in [0.4, 0.5) is 0 Å². The minimum absolute atomic E-state index is 0.193. The Morgan fingerprint density at radius 3 is 1.88 bits per heavy atom. The average molecular weight is 449 g/mol. The van der Waals surface area contributed by atoms with E-state index in [4.69, 9.17) is 14.6 Å². The number of unbranched alkanes of at least 4 members (excludes halogenated alkanes) is 10. The van der Waals surface area contributed by atoms with Crippen LogP contribution in [0.5, 0.6) is 0 Å². The van der Waals surface area contributed by atoms with Crippen molar-refractivity contribution in [1.82, 2.24) is 0 Å². The molecule has 0 fully saturated rings. The molecule has 0 aliphatic carbocycles. The summed E-state index contributed by atoms with van der Waals surface area (Å²) in [6.07, 6.45) is 16.2. The molecule has 5 nitrogen and oxygen atoms in total. The van der Waals surface area contributed by atoms with Gasteiger partial charge in [0.25, 0.3) is 0 Å². The number of hydrogen-bond acceptors (Lipinski definition) is 4. The molecule has 0 saturated carbocycles. The van der Waals surface area contributed by atoms with E-state index in [2.05, 4.69) is 24.3 Å². The van der Waals surface area contributed by atoms with E-state index in [0.717, 1.165) is 44.9 Å². The third-order valence-electron chi connectivity index (χ3n) is 5.72. The molecular formula is C27H44O5. The predicted octanol–water partition coefficient (Wildman–Crippen LogP) is 7.07. The average Bonchev–Trinajstić information content (AvgIpc) is 2.77. The van der Waals surface area contributed by atoms with E-state index in [-0.39, 0.29) is 5.97 Å². The van der Waals surface area contributed by atoms with Crippen LogP contribution in [-0.4, -0.2) is 29.8 Å². The summed E-state index contributed by atoms with van der Waals surface area (Å²) in [6, 6.07) is 10.4. The number of ether oxygens (including phenoxy) is 2. The smallest absolute Gasteiger partial charge is 0.303 e. The lowest BCUT2D eigenvalue weighted by Gasteiger charge is -2.18. The Hall–Kier alpha value is -1.88. The van der Waals surface area contributed by atoms with Crippen LogP contribution in [0.3, 0.4) is 0 Å². The molecule has 1 N–H and O–H groups in total. The maximum absolute atomic E-state index is 10.8. The topological polar surface area (TPSA) is 72.8 Å². The molecule has 0 amide bonds. The monoisotopic (exact) mass is 448 g/mol. The molecular weight excluding hydrogens is 404 g/mol. The summed E-state index contributed by atoms with van der Waals surface area (Å²) in [7, 11) is 0. The summed E-state index contributed by atoms with van der Waals surface area (Å²) in [5.74, 6) is -0.880. The Kier molecular flexibility index (Phi) is 17.4. The lowest BCUT2D eigenvalue weighted by atomic mass is 10.0. The lowest BCUT2D eigenvalue weighted by Crippen LogP contribution is -2.13. The number of benzene rings is 1. The van der Waals surface area contributed by atoms with Gasteiger partial charge < -0.3 is 14.6 Å². The van der Waals surface area contributed by atoms with Gasteiger partial charge in [-0.2, -0.15) is 0 Å². The molecule has 0 aliphatic rings. The number of rotatable bonds is 21. The van der Waals surface area contributed by atoms with Crippen molar-refractivity contribution in [2.24, 2.45) is 0 Å². The highest BCUT2D eigenvalue weighted by atomic mass is 16.5. The second-order valence-corrected chi connectivity index (χ2v) is 8.72. The number of hydrogen-bond donors (Lipinski definition) is 1. The summed E-state index contributed by atoms with van der Waals surface area (Å²) >= 11 is 0. The summed E-state index contributed by atoms with van der Waals surface area (Å²) in [5, 5.41) is 8.67. The summed E-state index contributed by atoms with van der Waals surface area (Å²) in [5.41, 5.74) is 1.23. The van der Waals surface area contributed by atoms with Crippen LogP contribution in [0.25, 0.3) is 0 Å². The van der Waals surface area contributed by atoms with Crippen molar-refractivity contribution in [2.45, 2.75) is 116 Å². The second-order valence-electron chi connectivity index (χ2n) is 8.72. The molecule has 1 aromatic rings. The molecule has 32 heavy (non-hydrogen) atoms. The van der Waals surface area contributed by atoms with Crippen molar-refractivity contribution in [2.75, 3.05) is 6.61 Å². The maximum Gasteiger partial charge on any atom is 0.303 e. The Bertz CT molecular complexity index is 587. The molecule has 5 heteroatoms. The van der Waals surface area contributed by atoms with Gasteiger partial charge in [0.15, 0.2) is 0 Å². The fourth-order valence-electron chi connectivity index (χ4n) is 3.85. The number of esters is 1. The standard InChI is InChI=1S/C27H44O5/c1-24(28)31-22-16-9-5-7-14-20-26(32-23-25-17-11-10-12-18-25)19-13-6-3-2-4-8-15-21-27(29)30/h10-12,17-18,26H,2-9,13-16,19-23H2,1H3,(H,29,30). The SMILES string of the molecule is CC(=O)OCCCCCCCC(CCCCCCCCCC(=O)O)OCc1ccccc1. The highest BCUT2D eigenvalue weighted by Gasteiger charge is 2.09. The third kappa shape index (κ3) is 17.8. The first-order valence-corrected chi connectivity index (χ1v) is 12.6. The molecule has 1 aromatic carbocycles. The maximum atomic E-state index is 10.8. The Balaban J connectivity index is 2.17. The van der Waals surface area contributed by atoms with Crippen LogP contribution in [0.1, 0.15) is 109 Å². The van der Waals surface area contributed by atoms with Gasteiger partial charge in [-0.05, 0) is 31.2 Å². The van der Waals surface area contributed by atoms with E-state index in [1.165, 1.54) is 57.4 Å². The molecule has 0 radical (unpaired) electrons. The molecule has 0 spiro atoms. The van der Waals surface area contributed by atoms with E-state index >= 15 is 0 Å². The lowest BCUT2D eigenvalue weighted by molar-refractivity contribution is -0.141. The van der Waals surface area contributed by atoms with E-state index < -0.39 is 5.97 Å². The minimum atomic E-state index is -0.687. The Labute approximate surface area is 194 Å². The predicted molar refractivity (Wildman–Crippen MR) is 129 cm³/mol. The fraction of sp³-hybridized carbons (Fsp3) is 0.704. The first kappa shape index (κ1) is 28.2. The van der Waals surface area contributed by atoms with Crippen LogP contribution in [-0.2, 0) is 25.7 Å². The molecule has 0 heterocycles. The van der Waals surface area contributed by atoms with E-state index in [0.29, 0.717) is 25.7 Å². The van der Waals surface area contributed by atoms with E-state index in [1.807, 2.05) is 6.07 Å². The van der Waals surface area contributed by atoms with Crippen LogP contribution in [0, 0.1) is 0 Å². The molecule has 0 aromatic heterocycles. The molecule has 1 rings (SSSR count). The highest BCUT2D eigenvalue weighted by Crippen LogP contribution is 2.18. The van der Waals surface area contributed by atoms with Crippen molar-refractivity contribution in [1.29, 1.82) is 0 Å². The van der Waals surface area contributed by atoms with Crippen LogP contribution in [0.2, 0.25) is 0 Å². The molecule has 182 valence electrons. The van der Waals surface area contributed by atoms with E-state index in [9.17, 15) is 9.59 Å². The fourth-order valence-corrected chi connectivity index (χ4v) is 3.85. The zero-order valence-corrected chi connectivity index (χ0v) is 20.1. The Morgan fingerprint density at radius 1 is 0.781 bits per heavy atom. The van der Waals surface area contributed by atoms with Gasteiger partial charge in [0.05, 0.1) is 19.3 Å². The van der Waals surface area contributed by atoms with Crippen molar-refractivity contribution < 1.29 is 24.2 Å². The Morgan fingerprint density at radius 2 is 1.31 bits per heavy atom. The zero-order chi connectivity index (χ0) is 23.3. The number of carbonyl (C=O) groups excluding carboxylic acids is 1. The second kappa shape index (κ2) is 19.8. The highest BCUT2D eigenvalue weighted by molar-refractivity contribution is 5.66. The normalized spacial score (nSPS) is 11.9. The van der Waals surface area contributed by atoms with Crippen molar-refractivity contribution in [3.05, 3.63) is 35.9 Å². The van der Waals surface area contributed by atoms with Gasteiger partial charge in [-0.15, -0.1) is 0 Å². The number of carboxylic acids is 1. The number of carbonyl (C=O) groups is 2. The molecule has 0 bridgehead atoms. The van der Waals surface area contributed by atoms with Crippen LogP contribution in [0.15, 0.2) is 30.3 Å². The van der Waals surface area contributed by atoms with Gasteiger partial charge >= 0.3 is 11.9 Å². The van der Waals surface area contributed by atoms with Crippen molar-refractivity contribution in [3.8, 4) is 0 Å². The summed E-state index contributed by atoms with van der Waals surface area (Å²) < 4.78 is 11.2. The molecule has 1 unspecified atom stereocenters. The number of carboxylic acid groups (broad SMARTS) is 1. The van der Waals surface area contributed by atoms with Gasteiger partial charge in [-0.3, -0.25) is 9.59 Å². The quantitative estimate of drug-likeness (QED) is 0.161. The van der Waals surface area contributed by atoms with Crippen LogP contribution >= 0.6 is 0 Å². The van der Waals surface area contributed by atoms with Gasteiger partial charge in [-0.1, -0.05) is 94.5 Å². The van der Waals surface area contributed by atoms with Crippen molar-refractivity contribution in [3.63, 3.8) is 0 Å². The summed E-state index contributed by atoms with van der Waals surface area (Å²) in [6.45, 7) is 2.67. The molecule has 0 saturated heterocycles. The zero-order valence-electron chi connectivity index (χ0n) is 20.1. The molecule has 1 atom stereocenters. The first-order chi connectivity index (χ1) is 15.6. The molecule has 0 aliphatic heterocycles. The first-order valence-electron chi connectivity index (χ1n) is 12.6. The number of aliphatic carboxylic acids is 1. The summed E-state index contributed by atoms with van der Waals surface area (Å²) in [4.78, 5) is 21.3. The third-order valence-corrected chi connectivity index (χ3v) is 5.72. The van der Waals surface area contributed by atoms with Gasteiger partial charge in [0.2, 0.25) is 0 Å². The van der Waals surface area contributed by atoms with Crippen molar-refractivity contribution >= 4 is 11.9 Å². The van der Waals surface area contributed by atoms with Crippen LogP contribution < -0.4 is 0 Å². The largest absolute Gasteiger partial charge is 0.481 e. The van der Waals surface area contributed by atoms with Gasteiger partial charge in [0.1, 0.15) is 0 Å². The minimum Gasteiger partial charge on any atom is -0.481 e.